The van der Waals surface area contributed by atoms with Gasteiger partial charge in [-0.3, -0.25) is 4.79 Å². The van der Waals surface area contributed by atoms with Crippen LogP contribution in [0.2, 0.25) is 0 Å². The number of esters is 1. The fraction of sp³-hybridized carbons (Fsp3) is 0.936. The van der Waals surface area contributed by atoms with Crippen molar-refractivity contribution in [3.8, 4) is 0 Å². The third-order valence-corrected chi connectivity index (χ3v) is 16.2. The predicted molar refractivity (Wildman–Crippen MR) is 217 cm³/mol. The summed E-state index contributed by atoms with van der Waals surface area (Å²) in [6.07, 6.45) is 20.5. The summed E-state index contributed by atoms with van der Waals surface area (Å²) in [4.78, 5) is 12.5. The molecule has 0 amide bonds. The highest BCUT2D eigenvalue weighted by Gasteiger charge is 2.59. The SMILES string of the molecule is CCCCCCCCCCCCC(=O)OCC1OC(OC2CCC3(C)C(=CCC4C3CCC3(C)C(C(C)CCC(C)C(C)C)CCC43)C2)C(O)C(O)C1O. The third kappa shape index (κ3) is 10.4. The molecule has 5 aliphatic rings. The van der Waals surface area contributed by atoms with Crippen LogP contribution in [0, 0.1) is 52.3 Å². The van der Waals surface area contributed by atoms with Crippen molar-refractivity contribution in [2.45, 2.75) is 220 Å². The summed E-state index contributed by atoms with van der Waals surface area (Å²) in [6, 6.07) is 0. The van der Waals surface area contributed by atoms with Crippen LogP contribution in [-0.2, 0) is 19.0 Å². The molecule has 0 aromatic rings. The van der Waals surface area contributed by atoms with Gasteiger partial charge in [0.25, 0.3) is 0 Å². The molecule has 7 heteroatoms. The van der Waals surface area contributed by atoms with E-state index in [9.17, 15) is 20.1 Å². The van der Waals surface area contributed by atoms with E-state index >= 15 is 0 Å². The Balaban J connectivity index is 1.08. The molecular weight excluding hydrogens is 677 g/mol. The lowest BCUT2D eigenvalue weighted by molar-refractivity contribution is -0.313. The van der Waals surface area contributed by atoms with Crippen molar-refractivity contribution in [1.82, 2.24) is 0 Å². The largest absolute Gasteiger partial charge is 0.463 e. The van der Waals surface area contributed by atoms with Crippen molar-refractivity contribution in [3.05, 3.63) is 11.6 Å². The van der Waals surface area contributed by atoms with E-state index in [4.69, 9.17) is 14.2 Å². The van der Waals surface area contributed by atoms with E-state index in [1.807, 2.05) is 0 Å². The molecule has 0 bridgehead atoms. The molecule has 3 saturated carbocycles. The van der Waals surface area contributed by atoms with Gasteiger partial charge >= 0.3 is 5.97 Å². The fourth-order valence-corrected chi connectivity index (χ4v) is 12.1. The zero-order chi connectivity index (χ0) is 39.0. The van der Waals surface area contributed by atoms with Crippen LogP contribution in [-0.4, -0.2) is 64.7 Å². The Kier molecular flexibility index (Phi) is 16.4. The quantitative estimate of drug-likeness (QED) is 0.0645. The minimum absolute atomic E-state index is 0.138. The van der Waals surface area contributed by atoms with Gasteiger partial charge in [0.05, 0.1) is 6.10 Å². The fourth-order valence-electron chi connectivity index (χ4n) is 12.1. The number of carbonyl (C=O) groups is 1. The lowest BCUT2D eigenvalue weighted by Gasteiger charge is -2.58. The monoisotopic (exact) mass is 759 g/mol. The van der Waals surface area contributed by atoms with Crippen molar-refractivity contribution < 1.29 is 34.3 Å². The first-order valence-corrected chi connectivity index (χ1v) is 23.0. The van der Waals surface area contributed by atoms with E-state index in [0.29, 0.717) is 17.8 Å². The second-order valence-corrected chi connectivity index (χ2v) is 19.9. The van der Waals surface area contributed by atoms with E-state index < -0.39 is 30.7 Å². The summed E-state index contributed by atoms with van der Waals surface area (Å²) >= 11 is 0. The van der Waals surface area contributed by atoms with Crippen LogP contribution in [0.25, 0.3) is 0 Å². The van der Waals surface area contributed by atoms with Crippen LogP contribution in [0.15, 0.2) is 11.6 Å². The summed E-state index contributed by atoms with van der Waals surface area (Å²) in [5, 5.41) is 32.4. The van der Waals surface area contributed by atoms with Crippen LogP contribution in [0.4, 0.5) is 0 Å². The number of aliphatic hydroxyl groups excluding tert-OH is 3. The molecule has 0 aromatic heterocycles. The molecule has 1 aliphatic heterocycles. The van der Waals surface area contributed by atoms with Gasteiger partial charge in [0.2, 0.25) is 0 Å². The zero-order valence-electron chi connectivity index (χ0n) is 35.6. The van der Waals surface area contributed by atoms with Crippen molar-refractivity contribution in [3.63, 3.8) is 0 Å². The Hall–Kier alpha value is -0.990. The van der Waals surface area contributed by atoms with Gasteiger partial charge in [0.15, 0.2) is 6.29 Å². The molecule has 1 heterocycles. The lowest BCUT2D eigenvalue weighted by Crippen LogP contribution is -2.60. The number of hydrogen-bond donors (Lipinski definition) is 3. The smallest absolute Gasteiger partial charge is 0.305 e. The molecule has 0 spiro atoms. The molecule has 3 N–H and O–H groups in total. The van der Waals surface area contributed by atoms with E-state index in [-0.39, 0.29) is 24.1 Å². The topological polar surface area (TPSA) is 105 Å². The first-order valence-electron chi connectivity index (χ1n) is 23.0. The summed E-state index contributed by atoms with van der Waals surface area (Å²) < 4.78 is 18.0. The van der Waals surface area contributed by atoms with Gasteiger partial charge in [0.1, 0.15) is 31.0 Å². The summed E-state index contributed by atoms with van der Waals surface area (Å²) in [6.45, 7) is 17.0. The molecule has 4 aliphatic carbocycles. The van der Waals surface area contributed by atoms with Gasteiger partial charge in [-0.15, -0.1) is 0 Å². The number of unbranched alkanes of at least 4 members (excludes halogenated alkanes) is 9. The molecule has 54 heavy (non-hydrogen) atoms. The molecule has 312 valence electrons. The number of rotatable bonds is 20. The molecular formula is C47H82O7. The molecule has 0 radical (unpaired) electrons. The average molecular weight is 759 g/mol. The van der Waals surface area contributed by atoms with Crippen molar-refractivity contribution in [2.75, 3.05) is 6.61 Å². The van der Waals surface area contributed by atoms with Crippen molar-refractivity contribution >= 4 is 5.97 Å². The number of fused-ring (bicyclic) bond motifs is 5. The van der Waals surface area contributed by atoms with E-state index in [1.165, 1.54) is 89.0 Å². The second kappa shape index (κ2) is 20.1. The van der Waals surface area contributed by atoms with Crippen molar-refractivity contribution in [1.29, 1.82) is 0 Å². The van der Waals surface area contributed by atoms with Crippen molar-refractivity contribution in [2.24, 2.45) is 52.3 Å². The minimum Gasteiger partial charge on any atom is -0.463 e. The highest BCUT2D eigenvalue weighted by Crippen LogP contribution is 2.67. The Labute approximate surface area is 330 Å². The average Bonchev–Trinajstić information content (AvgIpc) is 3.51. The van der Waals surface area contributed by atoms with E-state index in [0.717, 1.165) is 80.5 Å². The van der Waals surface area contributed by atoms with E-state index in [2.05, 4.69) is 54.5 Å². The number of ether oxygens (including phenoxy) is 3. The van der Waals surface area contributed by atoms with Gasteiger partial charge in [0, 0.05) is 6.42 Å². The van der Waals surface area contributed by atoms with Crippen LogP contribution in [0.1, 0.15) is 183 Å². The highest BCUT2D eigenvalue weighted by molar-refractivity contribution is 5.69. The van der Waals surface area contributed by atoms with E-state index in [1.54, 1.807) is 0 Å². The molecule has 0 aromatic carbocycles. The van der Waals surface area contributed by atoms with Crippen LogP contribution >= 0.6 is 0 Å². The standard InChI is InChI=1S/C47H82O7/c1-8-9-10-11-12-13-14-15-16-17-18-41(48)52-30-40-42(49)43(50)44(51)45(54-40)53-35-25-27-46(6)34(29-35)21-22-36-38-24-23-37(47(38,7)28-26-39(36)46)33(5)20-19-32(4)31(2)3/h21,31-33,35-40,42-45,49-51H,8-20,22-30H2,1-7H3. The Morgan fingerprint density at radius 1 is 0.833 bits per heavy atom. The number of aliphatic hydroxyl groups is 3. The molecule has 4 fully saturated rings. The zero-order valence-corrected chi connectivity index (χ0v) is 35.6. The maximum Gasteiger partial charge on any atom is 0.305 e. The number of allylic oxidation sites excluding steroid dienone is 1. The number of hydrogen-bond acceptors (Lipinski definition) is 7. The molecule has 7 nitrogen and oxygen atoms in total. The Morgan fingerprint density at radius 3 is 2.20 bits per heavy atom. The van der Waals surface area contributed by atoms with Crippen LogP contribution in [0.3, 0.4) is 0 Å². The third-order valence-electron chi connectivity index (χ3n) is 16.2. The maximum absolute atomic E-state index is 12.5. The van der Waals surface area contributed by atoms with Gasteiger partial charge in [-0.1, -0.05) is 131 Å². The van der Waals surface area contributed by atoms with Gasteiger partial charge < -0.3 is 29.5 Å². The normalized spacial score (nSPS) is 39.0. The molecule has 14 unspecified atom stereocenters. The van der Waals surface area contributed by atoms with Crippen LogP contribution in [0.5, 0.6) is 0 Å². The maximum atomic E-state index is 12.5. The van der Waals surface area contributed by atoms with Gasteiger partial charge in [-0.25, -0.2) is 0 Å². The Bertz CT molecular complexity index is 1190. The second-order valence-electron chi connectivity index (χ2n) is 19.9. The summed E-state index contributed by atoms with van der Waals surface area (Å²) in [5.74, 6) is 5.17. The predicted octanol–water partition coefficient (Wildman–Crippen LogP) is 10.3. The molecule has 1 saturated heterocycles. The van der Waals surface area contributed by atoms with Gasteiger partial charge in [-0.05, 0) is 110 Å². The van der Waals surface area contributed by atoms with Gasteiger partial charge in [-0.2, -0.15) is 0 Å². The summed E-state index contributed by atoms with van der Waals surface area (Å²) in [5.41, 5.74) is 2.13. The number of carbonyl (C=O) groups excluding carboxylic acids is 1. The first-order chi connectivity index (χ1) is 25.8. The van der Waals surface area contributed by atoms with Crippen LogP contribution < -0.4 is 0 Å². The molecule has 14 atom stereocenters. The Morgan fingerprint density at radius 2 is 1.52 bits per heavy atom. The first kappa shape index (κ1) is 44.1. The summed E-state index contributed by atoms with van der Waals surface area (Å²) in [7, 11) is 0. The minimum atomic E-state index is -1.44. The lowest BCUT2D eigenvalue weighted by atomic mass is 9.47. The highest BCUT2D eigenvalue weighted by atomic mass is 16.7. The molecule has 5 rings (SSSR count).